The minimum absolute atomic E-state index is 0.0354. The Hall–Kier alpha value is -2.13. The number of amides is 1. The zero-order chi connectivity index (χ0) is 20.4. The first-order valence-corrected chi connectivity index (χ1v) is 10.8. The van der Waals surface area contributed by atoms with Crippen LogP contribution in [0.4, 0.5) is 5.69 Å². The molecular formula is C25H36N2O. The number of anilines is 1. The van der Waals surface area contributed by atoms with Crippen molar-refractivity contribution in [1.29, 1.82) is 0 Å². The molecule has 0 aliphatic carbocycles. The van der Waals surface area contributed by atoms with Gasteiger partial charge in [-0.3, -0.25) is 4.79 Å². The van der Waals surface area contributed by atoms with Crippen LogP contribution in [0.5, 0.6) is 0 Å². The normalized spacial score (nSPS) is 13.1. The fourth-order valence-corrected chi connectivity index (χ4v) is 3.54. The smallest absolute Gasteiger partial charge is 0.221 e. The van der Waals surface area contributed by atoms with E-state index in [2.05, 4.69) is 67.8 Å². The molecule has 2 unspecified atom stereocenters. The quantitative estimate of drug-likeness (QED) is 0.463. The lowest BCUT2D eigenvalue weighted by molar-refractivity contribution is -0.114. The fraction of sp³-hybridized carbons (Fsp3) is 0.480. The molecule has 2 aromatic carbocycles. The summed E-state index contributed by atoms with van der Waals surface area (Å²) >= 11 is 0. The number of hydrogen-bond donors (Lipinski definition) is 2. The minimum Gasteiger partial charge on any atom is -0.326 e. The largest absolute Gasteiger partial charge is 0.326 e. The van der Waals surface area contributed by atoms with Crippen LogP contribution < -0.4 is 10.6 Å². The van der Waals surface area contributed by atoms with E-state index in [0.29, 0.717) is 0 Å². The number of carbonyl (C=O) groups is 1. The highest BCUT2D eigenvalue weighted by Gasteiger charge is 2.16. The van der Waals surface area contributed by atoms with E-state index < -0.39 is 0 Å². The van der Waals surface area contributed by atoms with Crippen LogP contribution in [0.1, 0.15) is 88.6 Å². The predicted octanol–water partition coefficient (Wildman–Crippen LogP) is 6.57. The van der Waals surface area contributed by atoms with E-state index in [1.807, 2.05) is 12.1 Å². The monoisotopic (exact) mass is 380 g/mol. The third-order valence-corrected chi connectivity index (χ3v) is 5.21. The number of benzene rings is 2. The van der Waals surface area contributed by atoms with E-state index in [0.717, 1.165) is 18.5 Å². The Kier molecular flexibility index (Phi) is 9.22. The minimum atomic E-state index is -0.0354. The third-order valence-electron chi connectivity index (χ3n) is 5.21. The van der Waals surface area contributed by atoms with Gasteiger partial charge in [0.15, 0.2) is 0 Å². The number of unbranched alkanes of at least 4 members (excludes halogenated alkanes) is 2. The average molecular weight is 381 g/mol. The van der Waals surface area contributed by atoms with Gasteiger partial charge in [0.25, 0.3) is 0 Å². The second-order valence-corrected chi connectivity index (χ2v) is 7.73. The highest BCUT2D eigenvalue weighted by Crippen LogP contribution is 2.26. The fourth-order valence-electron chi connectivity index (χ4n) is 3.54. The van der Waals surface area contributed by atoms with E-state index in [4.69, 9.17) is 0 Å². The van der Waals surface area contributed by atoms with E-state index in [-0.39, 0.29) is 18.0 Å². The summed E-state index contributed by atoms with van der Waals surface area (Å²) in [6, 6.07) is 17.8. The van der Waals surface area contributed by atoms with Gasteiger partial charge in [-0.2, -0.15) is 0 Å². The van der Waals surface area contributed by atoms with E-state index in [1.165, 1.54) is 42.4 Å². The molecule has 2 aromatic rings. The molecule has 1 amide bonds. The van der Waals surface area contributed by atoms with Gasteiger partial charge in [0.2, 0.25) is 5.91 Å². The molecule has 0 spiro atoms. The molecular weight excluding hydrogens is 344 g/mol. The highest BCUT2D eigenvalue weighted by atomic mass is 16.1. The summed E-state index contributed by atoms with van der Waals surface area (Å²) in [5.74, 6) is -0.0354. The first-order chi connectivity index (χ1) is 13.5. The zero-order valence-corrected chi connectivity index (χ0v) is 17.9. The van der Waals surface area contributed by atoms with Gasteiger partial charge in [-0.15, -0.1) is 0 Å². The van der Waals surface area contributed by atoms with Crippen molar-refractivity contribution in [1.82, 2.24) is 5.32 Å². The van der Waals surface area contributed by atoms with Gasteiger partial charge in [-0.05, 0) is 55.0 Å². The van der Waals surface area contributed by atoms with Gasteiger partial charge in [-0.1, -0.05) is 69.5 Å². The summed E-state index contributed by atoms with van der Waals surface area (Å²) in [7, 11) is 0. The maximum absolute atomic E-state index is 11.4. The number of carbonyl (C=O) groups excluding carboxylic acids is 1. The first-order valence-electron chi connectivity index (χ1n) is 10.8. The number of rotatable bonds is 11. The maximum atomic E-state index is 11.4. The molecule has 0 saturated carbocycles. The lowest BCUT2D eigenvalue weighted by Crippen LogP contribution is -2.25. The molecule has 28 heavy (non-hydrogen) atoms. The lowest BCUT2D eigenvalue weighted by Gasteiger charge is -2.25. The second kappa shape index (κ2) is 11.7. The maximum Gasteiger partial charge on any atom is 0.221 e. The van der Waals surface area contributed by atoms with Crippen molar-refractivity contribution < 1.29 is 4.79 Å². The molecule has 2 rings (SSSR count). The topological polar surface area (TPSA) is 41.1 Å². The molecule has 0 aliphatic rings. The Morgan fingerprint density at radius 1 is 0.964 bits per heavy atom. The molecule has 0 aromatic heterocycles. The molecule has 2 N–H and O–H groups in total. The number of hydrogen-bond acceptors (Lipinski definition) is 2. The van der Waals surface area contributed by atoms with Crippen molar-refractivity contribution in [3.63, 3.8) is 0 Å². The van der Waals surface area contributed by atoms with Crippen LogP contribution in [0.15, 0.2) is 48.5 Å². The van der Waals surface area contributed by atoms with Crippen molar-refractivity contribution in [2.24, 2.45) is 0 Å². The van der Waals surface area contributed by atoms with Crippen molar-refractivity contribution in [3.8, 4) is 0 Å². The molecule has 0 heterocycles. The van der Waals surface area contributed by atoms with Crippen LogP contribution in [-0.4, -0.2) is 5.91 Å². The molecule has 0 fully saturated rings. The van der Waals surface area contributed by atoms with Crippen LogP contribution >= 0.6 is 0 Å². The summed E-state index contributed by atoms with van der Waals surface area (Å²) in [6.45, 7) is 8.24. The van der Waals surface area contributed by atoms with Crippen LogP contribution in [0.3, 0.4) is 0 Å². The molecule has 0 aliphatic heterocycles. The van der Waals surface area contributed by atoms with Gasteiger partial charge in [0.05, 0.1) is 0 Å². The van der Waals surface area contributed by atoms with Crippen molar-refractivity contribution in [2.45, 2.75) is 78.3 Å². The molecule has 152 valence electrons. The average Bonchev–Trinajstić information content (AvgIpc) is 2.69. The summed E-state index contributed by atoms with van der Waals surface area (Å²) in [5.41, 5.74) is 4.83. The Labute approximate surface area is 170 Å². The summed E-state index contributed by atoms with van der Waals surface area (Å²) in [5, 5.41) is 6.71. The zero-order valence-electron chi connectivity index (χ0n) is 17.9. The molecule has 0 radical (unpaired) electrons. The van der Waals surface area contributed by atoms with Gasteiger partial charge in [0, 0.05) is 24.7 Å². The first kappa shape index (κ1) is 22.2. The van der Waals surface area contributed by atoms with Gasteiger partial charge < -0.3 is 10.6 Å². The Morgan fingerprint density at radius 3 is 2.32 bits per heavy atom. The van der Waals surface area contributed by atoms with Crippen molar-refractivity contribution >= 4 is 11.6 Å². The highest BCUT2D eigenvalue weighted by molar-refractivity contribution is 5.88. The number of aryl methyl sites for hydroxylation is 1. The van der Waals surface area contributed by atoms with Gasteiger partial charge >= 0.3 is 0 Å². The SMILES string of the molecule is CCCCc1ccc(C(C)NC(CCCC)c2cccc(NC(C)=O)c2)cc1. The molecule has 2 atom stereocenters. The van der Waals surface area contributed by atoms with Gasteiger partial charge in [0.1, 0.15) is 0 Å². The molecule has 3 nitrogen and oxygen atoms in total. The Bertz CT molecular complexity index is 724. The number of nitrogens with one attached hydrogen (secondary N) is 2. The Balaban J connectivity index is 2.11. The van der Waals surface area contributed by atoms with Crippen LogP contribution in [-0.2, 0) is 11.2 Å². The Morgan fingerprint density at radius 2 is 1.68 bits per heavy atom. The van der Waals surface area contributed by atoms with E-state index >= 15 is 0 Å². The van der Waals surface area contributed by atoms with Crippen LogP contribution in [0.2, 0.25) is 0 Å². The molecule has 0 saturated heterocycles. The standard InChI is InChI=1S/C25H36N2O/c1-5-7-10-21-14-16-22(17-15-21)19(3)26-25(13-8-6-2)23-11-9-12-24(18-23)27-20(4)28/h9,11-12,14-19,25-26H,5-8,10,13H2,1-4H3,(H,27,28). The van der Waals surface area contributed by atoms with Crippen molar-refractivity contribution in [2.75, 3.05) is 5.32 Å². The summed E-state index contributed by atoms with van der Waals surface area (Å²) in [6.07, 6.45) is 7.06. The van der Waals surface area contributed by atoms with Crippen LogP contribution in [0.25, 0.3) is 0 Å². The van der Waals surface area contributed by atoms with E-state index in [9.17, 15) is 4.79 Å². The summed E-state index contributed by atoms with van der Waals surface area (Å²) < 4.78 is 0. The van der Waals surface area contributed by atoms with Crippen molar-refractivity contribution in [3.05, 3.63) is 65.2 Å². The summed E-state index contributed by atoms with van der Waals surface area (Å²) in [4.78, 5) is 11.4. The van der Waals surface area contributed by atoms with Crippen LogP contribution in [0, 0.1) is 0 Å². The molecule has 3 heteroatoms. The predicted molar refractivity (Wildman–Crippen MR) is 120 cm³/mol. The third kappa shape index (κ3) is 7.12. The van der Waals surface area contributed by atoms with Gasteiger partial charge in [-0.25, -0.2) is 0 Å². The second-order valence-electron chi connectivity index (χ2n) is 7.73. The molecule has 0 bridgehead atoms. The lowest BCUT2D eigenvalue weighted by atomic mass is 9.97. The van der Waals surface area contributed by atoms with E-state index in [1.54, 1.807) is 6.92 Å².